The van der Waals surface area contributed by atoms with Crippen molar-refractivity contribution in [2.75, 3.05) is 11.9 Å². The molecule has 0 radical (unpaired) electrons. The molecule has 2 heterocycles. The van der Waals surface area contributed by atoms with E-state index in [-0.39, 0.29) is 5.41 Å². The molecule has 0 aliphatic rings. The number of nitrogens with one attached hydrogen (secondary N) is 2. The molecule has 2 aromatic heterocycles. The Labute approximate surface area is 120 Å². The van der Waals surface area contributed by atoms with Crippen LogP contribution in [0, 0.1) is 0 Å². The molecule has 0 saturated heterocycles. The van der Waals surface area contributed by atoms with Gasteiger partial charge in [0, 0.05) is 12.0 Å². The topological polar surface area (TPSA) is 79.4 Å². The summed E-state index contributed by atoms with van der Waals surface area (Å²) in [6, 6.07) is 0. The van der Waals surface area contributed by atoms with E-state index in [0.717, 1.165) is 22.5 Å². The summed E-state index contributed by atoms with van der Waals surface area (Å²) in [7, 11) is 0. The van der Waals surface area contributed by atoms with Gasteiger partial charge in [0.2, 0.25) is 0 Å². The fourth-order valence-electron chi connectivity index (χ4n) is 1.65. The lowest BCUT2D eigenvalue weighted by Gasteiger charge is -2.21. The molecule has 0 aliphatic carbocycles. The first-order valence-corrected chi connectivity index (χ1v) is 6.90. The average Bonchev–Trinajstić information content (AvgIpc) is 2.84. The largest absolute Gasteiger partial charge is 0.369 e. The number of halogens is 1. The van der Waals surface area contributed by atoms with Gasteiger partial charge < -0.3 is 5.32 Å². The average molecular weight is 325 g/mol. The smallest absolute Gasteiger partial charge is 0.199 e. The Bertz CT molecular complexity index is 558. The first kappa shape index (κ1) is 13.9. The van der Waals surface area contributed by atoms with E-state index >= 15 is 0 Å². The second kappa shape index (κ2) is 5.24. The molecule has 0 atom stereocenters. The van der Waals surface area contributed by atoms with Gasteiger partial charge in [0.05, 0.1) is 10.2 Å². The number of rotatable bonds is 3. The number of hydrogen-bond acceptors (Lipinski definition) is 5. The zero-order valence-electron chi connectivity index (χ0n) is 11.5. The molecule has 102 valence electrons. The van der Waals surface area contributed by atoms with E-state index in [1.54, 1.807) is 0 Å². The van der Waals surface area contributed by atoms with Gasteiger partial charge in [-0.2, -0.15) is 5.10 Å². The molecule has 0 fully saturated rings. The van der Waals surface area contributed by atoms with Crippen LogP contribution in [0.2, 0.25) is 0 Å². The second-order valence-electron chi connectivity index (χ2n) is 5.17. The summed E-state index contributed by atoms with van der Waals surface area (Å²) < 4.78 is 0.894. The highest BCUT2D eigenvalue weighted by molar-refractivity contribution is 9.10. The molecule has 0 amide bonds. The maximum Gasteiger partial charge on any atom is 0.199 e. The van der Waals surface area contributed by atoms with Crippen molar-refractivity contribution in [3.8, 4) is 11.6 Å². The summed E-state index contributed by atoms with van der Waals surface area (Å²) >= 11 is 3.58. The number of aromatic nitrogens is 5. The fourth-order valence-corrected chi connectivity index (χ4v) is 2.56. The van der Waals surface area contributed by atoms with Crippen LogP contribution in [0.1, 0.15) is 33.4 Å². The van der Waals surface area contributed by atoms with Gasteiger partial charge in [0.1, 0.15) is 12.1 Å². The molecule has 0 aromatic carbocycles. The Balaban J connectivity index is 2.61. The van der Waals surface area contributed by atoms with E-state index < -0.39 is 0 Å². The lowest BCUT2D eigenvalue weighted by Crippen LogP contribution is -2.17. The minimum Gasteiger partial charge on any atom is -0.369 e. The summed E-state index contributed by atoms with van der Waals surface area (Å²) in [5, 5.41) is 9.86. The zero-order chi connectivity index (χ0) is 14.0. The summed E-state index contributed by atoms with van der Waals surface area (Å²) in [4.78, 5) is 13.2. The third-order valence-electron chi connectivity index (χ3n) is 2.53. The van der Waals surface area contributed by atoms with Gasteiger partial charge in [-0.1, -0.05) is 20.8 Å². The molecule has 2 aromatic rings. The third-order valence-corrected chi connectivity index (χ3v) is 3.28. The van der Waals surface area contributed by atoms with Gasteiger partial charge in [-0.05, 0) is 22.9 Å². The van der Waals surface area contributed by atoms with E-state index in [1.807, 2.05) is 6.92 Å². The van der Waals surface area contributed by atoms with Crippen molar-refractivity contribution in [3.63, 3.8) is 0 Å². The van der Waals surface area contributed by atoms with Crippen LogP contribution in [-0.4, -0.2) is 31.7 Å². The standard InChI is InChI=1S/C12H17BrN6/c1-5-14-9-7(13)8(12(2,3)4)17-11(18-9)10-15-6-16-19-10/h6H,5H2,1-4H3,(H,14,17,18)(H,15,16,19). The minimum atomic E-state index is -0.0965. The van der Waals surface area contributed by atoms with Crippen LogP contribution in [0.4, 0.5) is 5.82 Å². The van der Waals surface area contributed by atoms with Gasteiger partial charge in [0.15, 0.2) is 11.6 Å². The van der Waals surface area contributed by atoms with E-state index in [4.69, 9.17) is 0 Å². The van der Waals surface area contributed by atoms with Crippen LogP contribution < -0.4 is 5.32 Å². The Hall–Kier alpha value is -1.50. The molecule has 6 nitrogen and oxygen atoms in total. The summed E-state index contributed by atoms with van der Waals surface area (Å²) in [5.41, 5.74) is 0.839. The van der Waals surface area contributed by atoms with Crippen LogP contribution in [0.15, 0.2) is 10.8 Å². The minimum absolute atomic E-state index is 0.0965. The maximum atomic E-state index is 4.60. The monoisotopic (exact) mass is 324 g/mol. The number of hydrogen-bond donors (Lipinski definition) is 2. The molecule has 19 heavy (non-hydrogen) atoms. The quantitative estimate of drug-likeness (QED) is 0.907. The first-order valence-electron chi connectivity index (χ1n) is 6.11. The van der Waals surface area contributed by atoms with Gasteiger partial charge in [-0.15, -0.1) is 0 Å². The molecule has 2 N–H and O–H groups in total. The third kappa shape index (κ3) is 2.91. The SMILES string of the molecule is CCNc1nc(-c2ncn[nH]2)nc(C(C)(C)C)c1Br. The van der Waals surface area contributed by atoms with Crippen molar-refractivity contribution >= 4 is 21.7 Å². The zero-order valence-corrected chi connectivity index (χ0v) is 13.0. The Kier molecular flexibility index (Phi) is 3.84. The van der Waals surface area contributed by atoms with Crippen LogP contribution in [0.5, 0.6) is 0 Å². The second-order valence-corrected chi connectivity index (χ2v) is 5.97. The van der Waals surface area contributed by atoms with Crippen LogP contribution in [-0.2, 0) is 5.41 Å². The molecular formula is C12H17BrN6. The van der Waals surface area contributed by atoms with Gasteiger partial charge in [0.25, 0.3) is 0 Å². The summed E-state index contributed by atoms with van der Waals surface area (Å²) in [5.74, 6) is 1.88. The molecule has 0 saturated carbocycles. The first-order chi connectivity index (χ1) is 8.93. The Morgan fingerprint density at radius 3 is 2.58 bits per heavy atom. The molecule has 0 spiro atoms. The van der Waals surface area contributed by atoms with Crippen molar-refractivity contribution < 1.29 is 0 Å². The van der Waals surface area contributed by atoms with E-state index in [9.17, 15) is 0 Å². The number of aromatic amines is 1. The van der Waals surface area contributed by atoms with Crippen molar-refractivity contribution in [1.29, 1.82) is 0 Å². The summed E-state index contributed by atoms with van der Waals surface area (Å²) in [6.07, 6.45) is 1.45. The molecule has 0 unspecified atom stereocenters. The fraction of sp³-hybridized carbons (Fsp3) is 0.500. The van der Waals surface area contributed by atoms with Crippen molar-refractivity contribution in [2.45, 2.75) is 33.1 Å². The van der Waals surface area contributed by atoms with Crippen LogP contribution in [0.25, 0.3) is 11.6 Å². The van der Waals surface area contributed by atoms with Crippen molar-refractivity contribution in [3.05, 3.63) is 16.5 Å². The Morgan fingerprint density at radius 2 is 2.05 bits per heavy atom. The van der Waals surface area contributed by atoms with Crippen LogP contribution in [0.3, 0.4) is 0 Å². The van der Waals surface area contributed by atoms with Gasteiger partial charge in [-0.25, -0.2) is 15.0 Å². The Morgan fingerprint density at radius 1 is 1.32 bits per heavy atom. The van der Waals surface area contributed by atoms with Gasteiger partial charge in [-0.3, -0.25) is 5.10 Å². The van der Waals surface area contributed by atoms with E-state index in [2.05, 4.69) is 67.2 Å². The predicted molar refractivity (Wildman–Crippen MR) is 78.0 cm³/mol. The van der Waals surface area contributed by atoms with Crippen LogP contribution >= 0.6 is 15.9 Å². The van der Waals surface area contributed by atoms with E-state index in [0.29, 0.717) is 11.6 Å². The summed E-state index contributed by atoms with van der Waals surface area (Å²) in [6.45, 7) is 9.15. The predicted octanol–water partition coefficient (Wildman–Crippen LogP) is 2.75. The molecule has 0 bridgehead atoms. The number of anilines is 1. The highest BCUT2D eigenvalue weighted by Crippen LogP contribution is 2.33. The number of nitrogens with zero attached hydrogens (tertiary/aromatic N) is 4. The van der Waals surface area contributed by atoms with Crippen molar-refractivity contribution in [1.82, 2.24) is 25.1 Å². The molecule has 7 heteroatoms. The number of H-pyrrole nitrogens is 1. The normalized spacial score (nSPS) is 11.6. The molecule has 0 aliphatic heterocycles. The highest BCUT2D eigenvalue weighted by atomic mass is 79.9. The van der Waals surface area contributed by atoms with Crippen molar-refractivity contribution in [2.24, 2.45) is 0 Å². The highest BCUT2D eigenvalue weighted by Gasteiger charge is 2.24. The van der Waals surface area contributed by atoms with E-state index in [1.165, 1.54) is 6.33 Å². The molecular weight excluding hydrogens is 308 g/mol. The van der Waals surface area contributed by atoms with Gasteiger partial charge >= 0.3 is 0 Å². The molecule has 2 rings (SSSR count). The maximum absolute atomic E-state index is 4.60. The lowest BCUT2D eigenvalue weighted by atomic mass is 9.92. The lowest BCUT2D eigenvalue weighted by molar-refractivity contribution is 0.564.